The van der Waals surface area contributed by atoms with Gasteiger partial charge in [0.05, 0.1) is 22.7 Å². The predicted octanol–water partition coefficient (Wildman–Crippen LogP) is 1.31. The van der Waals surface area contributed by atoms with Crippen LogP contribution in [0.15, 0.2) is 41.2 Å². The number of hydrogen-bond donors (Lipinski definition) is 2. The first-order chi connectivity index (χ1) is 14.5. The summed E-state index contributed by atoms with van der Waals surface area (Å²) in [6.07, 6.45) is 2.18. The molecular weight excluding hydrogens is 411 g/mol. The SMILES string of the molecule is C=c1[nH]n(-c2nn[nH]n2)c(=O)c1=Cc1ccc(OC)c(Cc2ccc(F)c(Cl)c2)c1. The van der Waals surface area contributed by atoms with Crippen LogP contribution in [0.3, 0.4) is 0 Å². The van der Waals surface area contributed by atoms with Crippen LogP contribution in [-0.2, 0) is 6.42 Å². The van der Waals surface area contributed by atoms with Crippen molar-refractivity contribution in [2.24, 2.45) is 0 Å². The zero-order valence-electron chi connectivity index (χ0n) is 15.8. The van der Waals surface area contributed by atoms with Crippen molar-refractivity contribution in [3.8, 4) is 11.7 Å². The van der Waals surface area contributed by atoms with E-state index in [1.165, 1.54) is 6.07 Å². The molecule has 0 aliphatic carbocycles. The van der Waals surface area contributed by atoms with Gasteiger partial charge in [0.1, 0.15) is 11.6 Å². The fraction of sp³-hybridized carbons (Fsp3) is 0.100. The standard InChI is InChI=1S/C20H16ClFN6O2/c1-11-15(19(29)28(25-11)20-23-26-27-24-20)9-12-4-6-18(30-2)14(7-12)8-13-3-5-17(22)16(21)10-13/h3-7,9-10,25H,1,8H2,2H3,(H,23,24,26,27). The van der Waals surface area contributed by atoms with Crippen LogP contribution in [0.1, 0.15) is 16.7 Å². The number of nitrogens with one attached hydrogen (secondary N) is 2. The Hall–Kier alpha value is -3.72. The summed E-state index contributed by atoms with van der Waals surface area (Å²) in [6.45, 7) is 3.88. The second kappa shape index (κ2) is 7.96. The molecule has 4 aromatic rings. The Morgan fingerprint density at radius 1 is 1.30 bits per heavy atom. The third-order valence-corrected chi connectivity index (χ3v) is 4.82. The van der Waals surface area contributed by atoms with Gasteiger partial charge < -0.3 is 4.74 Å². The van der Waals surface area contributed by atoms with E-state index in [4.69, 9.17) is 16.3 Å². The van der Waals surface area contributed by atoms with E-state index >= 15 is 0 Å². The van der Waals surface area contributed by atoms with Crippen molar-refractivity contribution in [1.82, 2.24) is 30.4 Å². The number of benzene rings is 2. The van der Waals surface area contributed by atoms with Crippen molar-refractivity contribution < 1.29 is 9.13 Å². The second-order valence-electron chi connectivity index (χ2n) is 6.50. The molecule has 2 heterocycles. The highest BCUT2D eigenvalue weighted by molar-refractivity contribution is 6.30. The fourth-order valence-corrected chi connectivity index (χ4v) is 3.30. The van der Waals surface area contributed by atoms with Crippen molar-refractivity contribution in [3.05, 3.63) is 84.8 Å². The quantitative estimate of drug-likeness (QED) is 0.501. The first-order valence-electron chi connectivity index (χ1n) is 8.82. The van der Waals surface area contributed by atoms with Crippen molar-refractivity contribution in [2.75, 3.05) is 7.11 Å². The van der Waals surface area contributed by atoms with Gasteiger partial charge in [-0.2, -0.15) is 9.90 Å². The summed E-state index contributed by atoms with van der Waals surface area (Å²) in [5, 5.41) is 17.0. The maximum atomic E-state index is 13.5. The van der Waals surface area contributed by atoms with Gasteiger partial charge >= 0.3 is 0 Å². The minimum atomic E-state index is -0.470. The van der Waals surface area contributed by atoms with Crippen LogP contribution >= 0.6 is 11.6 Å². The van der Waals surface area contributed by atoms with Crippen LogP contribution in [0.4, 0.5) is 4.39 Å². The van der Waals surface area contributed by atoms with Crippen molar-refractivity contribution >= 4 is 24.3 Å². The van der Waals surface area contributed by atoms with Crippen LogP contribution in [-0.4, -0.2) is 37.5 Å². The molecule has 30 heavy (non-hydrogen) atoms. The molecule has 10 heteroatoms. The predicted molar refractivity (Wildman–Crippen MR) is 110 cm³/mol. The van der Waals surface area contributed by atoms with Gasteiger partial charge in [0.15, 0.2) is 0 Å². The maximum Gasteiger partial charge on any atom is 0.291 e. The Kier molecular flexibility index (Phi) is 5.20. The van der Waals surface area contributed by atoms with Gasteiger partial charge in [0, 0.05) is 6.42 Å². The topological polar surface area (TPSA) is 101 Å². The fourth-order valence-electron chi connectivity index (χ4n) is 3.10. The number of aromatic amines is 2. The number of H-pyrrole nitrogens is 2. The molecule has 8 nitrogen and oxygen atoms in total. The highest BCUT2D eigenvalue weighted by Crippen LogP contribution is 2.25. The van der Waals surface area contributed by atoms with E-state index in [1.54, 1.807) is 31.4 Å². The minimum absolute atomic E-state index is 0.0604. The molecule has 0 amide bonds. The monoisotopic (exact) mass is 426 g/mol. The van der Waals surface area contributed by atoms with Crippen molar-refractivity contribution in [3.63, 3.8) is 0 Å². The summed E-state index contributed by atoms with van der Waals surface area (Å²) in [6, 6.07) is 10.1. The molecule has 2 aromatic heterocycles. The lowest BCUT2D eigenvalue weighted by Gasteiger charge is -2.10. The largest absolute Gasteiger partial charge is 0.496 e. The normalized spacial score (nSPS) is 11.8. The smallest absolute Gasteiger partial charge is 0.291 e. The lowest BCUT2D eigenvalue weighted by atomic mass is 10.0. The summed E-state index contributed by atoms with van der Waals surface area (Å²) in [7, 11) is 1.57. The molecule has 0 radical (unpaired) electrons. The van der Waals surface area contributed by atoms with Gasteiger partial charge in [0.2, 0.25) is 0 Å². The second-order valence-corrected chi connectivity index (χ2v) is 6.90. The number of halogens is 2. The summed E-state index contributed by atoms with van der Waals surface area (Å²) in [4.78, 5) is 12.7. The first-order valence-corrected chi connectivity index (χ1v) is 9.20. The zero-order valence-corrected chi connectivity index (χ0v) is 16.6. The Morgan fingerprint density at radius 3 is 2.83 bits per heavy atom. The zero-order chi connectivity index (χ0) is 21.3. The van der Waals surface area contributed by atoms with Gasteiger partial charge in [-0.3, -0.25) is 9.89 Å². The van der Waals surface area contributed by atoms with E-state index in [2.05, 4.69) is 32.3 Å². The average Bonchev–Trinajstić information content (AvgIpc) is 3.35. The summed E-state index contributed by atoms with van der Waals surface area (Å²) >= 11 is 5.89. The van der Waals surface area contributed by atoms with Gasteiger partial charge in [-0.15, -0.1) is 5.10 Å². The molecule has 2 aromatic carbocycles. The Morgan fingerprint density at radius 2 is 2.13 bits per heavy atom. The number of methoxy groups -OCH3 is 1. The molecule has 0 spiro atoms. The minimum Gasteiger partial charge on any atom is -0.496 e. The highest BCUT2D eigenvalue weighted by Gasteiger charge is 2.10. The number of ether oxygens (including phenoxy) is 1. The lowest BCUT2D eigenvalue weighted by Crippen LogP contribution is -2.34. The van der Waals surface area contributed by atoms with Gasteiger partial charge in [-0.25, -0.2) is 4.39 Å². The molecule has 0 fully saturated rings. The van der Waals surface area contributed by atoms with E-state index in [0.717, 1.165) is 21.4 Å². The maximum absolute atomic E-state index is 13.5. The number of nitrogens with zero attached hydrogens (tertiary/aromatic N) is 4. The molecule has 0 saturated carbocycles. The Bertz CT molecular complexity index is 1380. The summed E-state index contributed by atoms with van der Waals surface area (Å²) in [5.41, 5.74) is 2.09. The third kappa shape index (κ3) is 3.74. The molecule has 0 atom stereocenters. The van der Waals surface area contributed by atoms with Gasteiger partial charge in [-0.1, -0.05) is 35.4 Å². The highest BCUT2D eigenvalue weighted by atomic mass is 35.5. The summed E-state index contributed by atoms with van der Waals surface area (Å²) in [5.74, 6) is 0.289. The number of rotatable bonds is 5. The molecule has 4 rings (SSSR count). The molecule has 0 unspecified atom stereocenters. The van der Waals surface area contributed by atoms with E-state index in [1.807, 2.05) is 12.1 Å². The average molecular weight is 427 g/mol. The molecule has 0 bridgehead atoms. The molecule has 0 aliphatic rings. The van der Waals surface area contributed by atoms with E-state index in [9.17, 15) is 9.18 Å². The third-order valence-electron chi connectivity index (χ3n) is 4.53. The molecule has 0 aliphatic heterocycles. The van der Waals surface area contributed by atoms with E-state index in [0.29, 0.717) is 22.7 Å². The molecule has 152 valence electrons. The molecule has 2 N–H and O–H groups in total. The summed E-state index contributed by atoms with van der Waals surface area (Å²) < 4.78 is 20.1. The van der Waals surface area contributed by atoms with Crippen LogP contribution in [0.25, 0.3) is 18.6 Å². The van der Waals surface area contributed by atoms with Crippen LogP contribution in [0.5, 0.6) is 5.75 Å². The van der Waals surface area contributed by atoms with Crippen molar-refractivity contribution in [2.45, 2.75) is 6.42 Å². The van der Waals surface area contributed by atoms with Crippen molar-refractivity contribution in [1.29, 1.82) is 0 Å². The van der Waals surface area contributed by atoms with Crippen LogP contribution < -0.4 is 20.9 Å². The Labute approximate surface area is 174 Å². The van der Waals surface area contributed by atoms with Crippen LogP contribution in [0, 0.1) is 5.82 Å². The van der Waals surface area contributed by atoms with E-state index < -0.39 is 5.82 Å². The lowest BCUT2D eigenvalue weighted by molar-refractivity contribution is 0.410. The van der Waals surface area contributed by atoms with Gasteiger partial charge in [0.25, 0.3) is 11.5 Å². The number of tetrazole rings is 1. The number of aromatic nitrogens is 6. The Balaban J connectivity index is 1.76. The molecular formula is C20H16ClFN6O2. The number of hydrogen-bond acceptors (Lipinski definition) is 5. The van der Waals surface area contributed by atoms with Crippen LogP contribution in [0.2, 0.25) is 5.02 Å². The first kappa shape index (κ1) is 19.6. The van der Waals surface area contributed by atoms with Gasteiger partial charge in [-0.05, 0) is 52.2 Å². The van der Waals surface area contributed by atoms with E-state index in [-0.39, 0.29) is 16.5 Å². The molecule has 0 saturated heterocycles.